The third-order valence-corrected chi connectivity index (χ3v) is 4.52. The number of amides is 1. The lowest BCUT2D eigenvalue weighted by Gasteiger charge is -2.11. The van der Waals surface area contributed by atoms with Crippen molar-refractivity contribution >= 4 is 16.7 Å². The molecule has 0 spiro atoms. The number of hydrogen-bond acceptors (Lipinski definition) is 4. The Morgan fingerprint density at radius 2 is 1.82 bits per heavy atom. The van der Waals surface area contributed by atoms with Crippen LogP contribution in [0.3, 0.4) is 0 Å². The van der Waals surface area contributed by atoms with Crippen molar-refractivity contribution in [2.75, 3.05) is 0 Å². The fraction of sp³-hybridized carbons (Fsp3) is 0.136. The topological polar surface area (TPSA) is 68.0 Å². The Morgan fingerprint density at radius 3 is 2.64 bits per heavy atom. The standard InChI is InChI=1S/C22H18FN3O2/c1-14(22-25-21(26-28-22)16-9-11-18(23)12-10-16)24-20(27)13-17-7-4-6-15-5-2-3-8-19(15)17/h2-12,14H,13H2,1H3,(H,24,27). The summed E-state index contributed by atoms with van der Waals surface area (Å²) in [5.41, 5.74) is 1.60. The predicted octanol–water partition coefficient (Wildman–Crippen LogP) is 4.45. The van der Waals surface area contributed by atoms with Gasteiger partial charge in [-0.1, -0.05) is 47.6 Å². The molecule has 5 nitrogen and oxygen atoms in total. The van der Waals surface area contributed by atoms with Gasteiger partial charge in [-0.2, -0.15) is 4.98 Å². The lowest BCUT2D eigenvalue weighted by molar-refractivity contribution is -0.121. The predicted molar refractivity (Wildman–Crippen MR) is 104 cm³/mol. The van der Waals surface area contributed by atoms with Gasteiger partial charge < -0.3 is 9.84 Å². The zero-order chi connectivity index (χ0) is 19.5. The van der Waals surface area contributed by atoms with Gasteiger partial charge in [0.15, 0.2) is 0 Å². The lowest BCUT2D eigenvalue weighted by atomic mass is 10.0. The summed E-state index contributed by atoms with van der Waals surface area (Å²) < 4.78 is 18.3. The fourth-order valence-corrected chi connectivity index (χ4v) is 3.10. The number of fused-ring (bicyclic) bond motifs is 1. The Kier molecular flexibility index (Phi) is 4.85. The van der Waals surface area contributed by atoms with E-state index in [0.717, 1.165) is 16.3 Å². The summed E-state index contributed by atoms with van der Waals surface area (Å²) in [6.45, 7) is 1.78. The average Bonchev–Trinajstić information content (AvgIpc) is 3.19. The van der Waals surface area contributed by atoms with Crippen molar-refractivity contribution in [3.63, 3.8) is 0 Å². The summed E-state index contributed by atoms with van der Waals surface area (Å²) in [5.74, 6) is 0.183. The first-order valence-electron chi connectivity index (χ1n) is 8.96. The molecule has 0 aliphatic carbocycles. The van der Waals surface area contributed by atoms with Crippen LogP contribution in [0.4, 0.5) is 4.39 Å². The van der Waals surface area contributed by atoms with Crippen molar-refractivity contribution in [3.05, 3.63) is 84.0 Å². The van der Waals surface area contributed by atoms with Crippen LogP contribution < -0.4 is 5.32 Å². The van der Waals surface area contributed by atoms with E-state index in [1.807, 2.05) is 42.5 Å². The van der Waals surface area contributed by atoms with E-state index < -0.39 is 6.04 Å². The number of carbonyl (C=O) groups is 1. The van der Waals surface area contributed by atoms with E-state index in [4.69, 9.17) is 4.52 Å². The van der Waals surface area contributed by atoms with Gasteiger partial charge in [-0.05, 0) is 47.5 Å². The van der Waals surface area contributed by atoms with Crippen molar-refractivity contribution < 1.29 is 13.7 Å². The largest absolute Gasteiger partial charge is 0.344 e. The quantitative estimate of drug-likeness (QED) is 0.560. The maximum absolute atomic E-state index is 13.0. The van der Waals surface area contributed by atoms with Crippen LogP contribution in [0, 0.1) is 5.82 Å². The summed E-state index contributed by atoms with van der Waals surface area (Å²) in [6, 6.07) is 19.3. The van der Waals surface area contributed by atoms with Crippen LogP contribution >= 0.6 is 0 Å². The van der Waals surface area contributed by atoms with Gasteiger partial charge in [-0.3, -0.25) is 4.79 Å². The van der Waals surface area contributed by atoms with Crippen LogP contribution in [0.25, 0.3) is 22.2 Å². The van der Waals surface area contributed by atoms with Gasteiger partial charge in [0.1, 0.15) is 11.9 Å². The number of hydrogen-bond donors (Lipinski definition) is 1. The number of nitrogens with one attached hydrogen (secondary N) is 1. The number of benzene rings is 3. The first-order valence-corrected chi connectivity index (χ1v) is 8.96. The smallest absolute Gasteiger partial charge is 0.249 e. The maximum Gasteiger partial charge on any atom is 0.249 e. The van der Waals surface area contributed by atoms with E-state index >= 15 is 0 Å². The number of halogens is 1. The summed E-state index contributed by atoms with van der Waals surface area (Å²) in [5, 5.41) is 8.96. The van der Waals surface area contributed by atoms with Crippen molar-refractivity contribution in [3.8, 4) is 11.4 Å². The Labute approximate surface area is 161 Å². The van der Waals surface area contributed by atoms with Gasteiger partial charge >= 0.3 is 0 Å². The van der Waals surface area contributed by atoms with Crippen LogP contribution in [-0.2, 0) is 11.2 Å². The van der Waals surface area contributed by atoms with Crippen LogP contribution in [-0.4, -0.2) is 16.0 Å². The average molecular weight is 375 g/mol. The van der Waals surface area contributed by atoms with Crippen LogP contribution in [0.2, 0.25) is 0 Å². The zero-order valence-corrected chi connectivity index (χ0v) is 15.2. The molecule has 6 heteroatoms. The molecule has 4 aromatic rings. The molecule has 3 aromatic carbocycles. The second-order valence-electron chi connectivity index (χ2n) is 6.57. The summed E-state index contributed by atoms with van der Waals surface area (Å²) in [6.07, 6.45) is 0.255. The molecular formula is C22H18FN3O2. The molecule has 1 heterocycles. The van der Waals surface area contributed by atoms with Crippen LogP contribution in [0.1, 0.15) is 24.4 Å². The minimum Gasteiger partial charge on any atom is -0.344 e. The molecule has 1 amide bonds. The molecular weight excluding hydrogens is 357 g/mol. The summed E-state index contributed by atoms with van der Waals surface area (Å²) >= 11 is 0. The van der Waals surface area contributed by atoms with E-state index in [1.165, 1.54) is 12.1 Å². The number of aromatic nitrogens is 2. The SMILES string of the molecule is CC(NC(=O)Cc1cccc2ccccc12)c1nc(-c2ccc(F)cc2)no1. The van der Waals surface area contributed by atoms with E-state index in [-0.39, 0.29) is 18.1 Å². The van der Waals surface area contributed by atoms with E-state index in [9.17, 15) is 9.18 Å². The van der Waals surface area contributed by atoms with Gasteiger partial charge in [-0.25, -0.2) is 4.39 Å². The lowest BCUT2D eigenvalue weighted by Crippen LogP contribution is -2.28. The first-order chi connectivity index (χ1) is 13.6. The van der Waals surface area contributed by atoms with Crippen molar-refractivity contribution in [1.82, 2.24) is 15.5 Å². The molecule has 0 bridgehead atoms. The number of carbonyl (C=O) groups excluding carboxylic acids is 1. The van der Waals surface area contributed by atoms with Gasteiger partial charge in [-0.15, -0.1) is 0 Å². The molecule has 4 rings (SSSR count). The molecule has 1 unspecified atom stereocenters. The number of nitrogens with zero attached hydrogens (tertiary/aromatic N) is 2. The van der Waals surface area contributed by atoms with Crippen molar-refractivity contribution in [1.29, 1.82) is 0 Å². The van der Waals surface area contributed by atoms with Gasteiger partial charge in [0.05, 0.1) is 6.42 Å². The molecule has 0 aliphatic heterocycles. The third-order valence-electron chi connectivity index (χ3n) is 4.52. The third kappa shape index (κ3) is 3.76. The Morgan fingerprint density at radius 1 is 1.07 bits per heavy atom. The first kappa shape index (κ1) is 17.9. The van der Waals surface area contributed by atoms with Gasteiger partial charge in [0.2, 0.25) is 17.6 Å². The summed E-state index contributed by atoms with van der Waals surface area (Å²) in [7, 11) is 0. The molecule has 0 aliphatic rings. The minimum absolute atomic E-state index is 0.134. The Hall–Kier alpha value is -3.54. The summed E-state index contributed by atoms with van der Waals surface area (Å²) in [4.78, 5) is 16.8. The van der Waals surface area contributed by atoms with Crippen molar-refractivity contribution in [2.45, 2.75) is 19.4 Å². The number of rotatable bonds is 5. The van der Waals surface area contributed by atoms with E-state index in [2.05, 4.69) is 15.5 Å². The maximum atomic E-state index is 13.0. The Bertz CT molecular complexity index is 1120. The van der Waals surface area contributed by atoms with Crippen LogP contribution in [0.5, 0.6) is 0 Å². The molecule has 28 heavy (non-hydrogen) atoms. The molecule has 0 saturated heterocycles. The van der Waals surface area contributed by atoms with Gasteiger partial charge in [0, 0.05) is 5.56 Å². The zero-order valence-electron chi connectivity index (χ0n) is 15.2. The highest BCUT2D eigenvalue weighted by atomic mass is 19.1. The molecule has 1 N–H and O–H groups in total. The van der Waals surface area contributed by atoms with Crippen molar-refractivity contribution in [2.24, 2.45) is 0 Å². The van der Waals surface area contributed by atoms with Crippen LogP contribution in [0.15, 0.2) is 71.3 Å². The monoisotopic (exact) mass is 375 g/mol. The normalized spacial score (nSPS) is 12.1. The highest BCUT2D eigenvalue weighted by Gasteiger charge is 2.18. The van der Waals surface area contributed by atoms with E-state index in [1.54, 1.807) is 19.1 Å². The molecule has 0 saturated carbocycles. The highest BCUT2D eigenvalue weighted by Crippen LogP contribution is 2.21. The molecule has 1 aromatic heterocycles. The van der Waals surface area contributed by atoms with E-state index in [0.29, 0.717) is 17.3 Å². The molecule has 0 fully saturated rings. The second-order valence-corrected chi connectivity index (χ2v) is 6.57. The highest BCUT2D eigenvalue weighted by molar-refractivity contribution is 5.90. The molecule has 1 atom stereocenters. The molecule has 0 radical (unpaired) electrons. The minimum atomic E-state index is -0.441. The Balaban J connectivity index is 1.45. The fourth-order valence-electron chi connectivity index (χ4n) is 3.10. The second kappa shape index (κ2) is 7.60. The molecule has 140 valence electrons. The van der Waals surface area contributed by atoms with Gasteiger partial charge in [0.25, 0.3) is 0 Å².